The Morgan fingerprint density at radius 3 is 2.76 bits per heavy atom. The van der Waals surface area contributed by atoms with E-state index in [-0.39, 0.29) is 9.56 Å². The summed E-state index contributed by atoms with van der Waals surface area (Å²) in [5.74, 6) is 1.13. The van der Waals surface area contributed by atoms with Crippen LogP contribution in [0, 0.1) is 5.92 Å². The highest BCUT2D eigenvalue weighted by Crippen LogP contribution is 2.31. The lowest BCUT2D eigenvalue weighted by atomic mass is 9.86. The van der Waals surface area contributed by atoms with Gasteiger partial charge in [0, 0.05) is 19.7 Å². The molecule has 0 atom stereocenters. The molecular weight excluding hydrogens is 356 g/mol. The van der Waals surface area contributed by atoms with E-state index in [4.69, 9.17) is 4.42 Å². The molecule has 0 saturated heterocycles. The second kappa shape index (κ2) is 7.26. The maximum Gasteiger partial charge on any atom is 0.247 e. The Kier molecular flexibility index (Phi) is 5.88. The molecule has 0 aromatic carbocycles. The smallest absolute Gasteiger partial charge is 0.247 e. The van der Waals surface area contributed by atoms with E-state index in [0.717, 1.165) is 25.8 Å². The van der Waals surface area contributed by atoms with E-state index in [1.807, 2.05) is 0 Å². The van der Waals surface area contributed by atoms with Crippen molar-refractivity contribution in [1.82, 2.24) is 9.62 Å². The fourth-order valence-electron chi connectivity index (χ4n) is 2.35. The van der Waals surface area contributed by atoms with Crippen molar-refractivity contribution in [3.63, 3.8) is 0 Å². The van der Waals surface area contributed by atoms with Crippen LogP contribution in [0.15, 0.2) is 20.0 Å². The van der Waals surface area contributed by atoms with E-state index in [1.165, 1.54) is 10.7 Å². The number of nitrogens with one attached hydrogen (secondary N) is 1. The lowest BCUT2D eigenvalue weighted by Gasteiger charge is -2.29. The first kappa shape index (κ1) is 17.0. The zero-order valence-electron chi connectivity index (χ0n) is 12.6. The van der Waals surface area contributed by atoms with Crippen LogP contribution < -0.4 is 5.32 Å². The van der Waals surface area contributed by atoms with Gasteiger partial charge in [0.25, 0.3) is 0 Å². The first-order chi connectivity index (χ1) is 9.95. The van der Waals surface area contributed by atoms with Gasteiger partial charge in [-0.25, -0.2) is 12.7 Å². The van der Waals surface area contributed by atoms with Gasteiger partial charge in [0.2, 0.25) is 10.0 Å². The van der Waals surface area contributed by atoms with Crippen LogP contribution in [0.4, 0.5) is 0 Å². The number of nitrogens with zero attached hydrogens (tertiary/aromatic N) is 1. The van der Waals surface area contributed by atoms with Crippen LogP contribution >= 0.6 is 15.9 Å². The van der Waals surface area contributed by atoms with Gasteiger partial charge in [0.15, 0.2) is 4.67 Å². The zero-order chi connectivity index (χ0) is 15.5. The Labute approximate surface area is 135 Å². The van der Waals surface area contributed by atoms with Gasteiger partial charge in [-0.05, 0) is 47.7 Å². The van der Waals surface area contributed by atoms with Crippen LogP contribution in [0.3, 0.4) is 0 Å². The van der Waals surface area contributed by atoms with Crippen LogP contribution in [0.5, 0.6) is 0 Å². The summed E-state index contributed by atoms with van der Waals surface area (Å²) in [7, 11) is -1.84. The molecule has 1 fully saturated rings. The second-order valence-electron chi connectivity index (χ2n) is 5.61. The Bertz CT molecular complexity index is 567. The minimum atomic E-state index is -3.49. The molecule has 0 bridgehead atoms. The second-order valence-corrected chi connectivity index (χ2v) is 8.34. The number of sulfonamides is 1. The number of hydrogen-bond donors (Lipinski definition) is 1. The Morgan fingerprint density at radius 2 is 2.19 bits per heavy atom. The van der Waals surface area contributed by atoms with E-state index in [0.29, 0.717) is 24.8 Å². The Hall–Kier alpha value is -0.370. The van der Waals surface area contributed by atoms with Crippen molar-refractivity contribution in [1.29, 1.82) is 0 Å². The molecular formula is C14H23BrN2O3S. The first-order valence-corrected chi connectivity index (χ1v) is 9.63. The molecule has 1 aliphatic carbocycles. The summed E-state index contributed by atoms with van der Waals surface area (Å²) >= 11 is 3.23. The van der Waals surface area contributed by atoms with Crippen molar-refractivity contribution in [3.05, 3.63) is 16.5 Å². The van der Waals surface area contributed by atoms with Gasteiger partial charge in [-0.1, -0.05) is 13.3 Å². The molecule has 1 N–H and O–H groups in total. The number of hydrogen-bond acceptors (Lipinski definition) is 4. The van der Waals surface area contributed by atoms with Crippen LogP contribution in [0.1, 0.15) is 38.4 Å². The number of halogens is 1. The van der Waals surface area contributed by atoms with Crippen LogP contribution in [0.25, 0.3) is 0 Å². The molecule has 7 heteroatoms. The lowest BCUT2D eigenvalue weighted by Crippen LogP contribution is -2.34. The highest BCUT2D eigenvalue weighted by Gasteiger charge is 2.30. The molecule has 2 rings (SSSR count). The van der Waals surface area contributed by atoms with Crippen molar-refractivity contribution in [2.75, 3.05) is 20.1 Å². The molecule has 120 valence electrons. The van der Waals surface area contributed by atoms with Gasteiger partial charge in [-0.3, -0.25) is 0 Å². The molecule has 0 radical (unpaired) electrons. The minimum absolute atomic E-state index is 0.220. The van der Waals surface area contributed by atoms with Crippen LogP contribution in [0.2, 0.25) is 0 Å². The van der Waals surface area contributed by atoms with Gasteiger partial charge in [-0.2, -0.15) is 0 Å². The van der Waals surface area contributed by atoms with Gasteiger partial charge < -0.3 is 9.73 Å². The molecule has 5 nitrogen and oxygen atoms in total. The maximum absolute atomic E-state index is 12.6. The third-order valence-electron chi connectivity index (χ3n) is 3.86. The fraction of sp³-hybridized carbons (Fsp3) is 0.714. The van der Waals surface area contributed by atoms with Crippen molar-refractivity contribution in [2.24, 2.45) is 5.92 Å². The average molecular weight is 379 g/mol. The number of rotatable bonds is 8. The van der Waals surface area contributed by atoms with Crippen LogP contribution in [-0.2, 0) is 16.6 Å². The fourth-order valence-corrected chi connectivity index (χ4v) is 4.56. The van der Waals surface area contributed by atoms with E-state index in [1.54, 1.807) is 13.1 Å². The summed E-state index contributed by atoms with van der Waals surface area (Å²) in [6, 6.07) is 1.61. The third kappa shape index (κ3) is 4.09. The van der Waals surface area contributed by atoms with Crippen LogP contribution in [-0.4, -0.2) is 32.9 Å². The quantitative estimate of drug-likeness (QED) is 0.706. The molecule has 1 aliphatic rings. The van der Waals surface area contributed by atoms with Crippen molar-refractivity contribution in [2.45, 2.75) is 44.0 Å². The van der Waals surface area contributed by atoms with Crippen molar-refractivity contribution < 1.29 is 12.8 Å². The molecule has 0 unspecified atom stereocenters. The summed E-state index contributed by atoms with van der Waals surface area (Å²) in [6.45, 7) is 4.08. The molecule has 1 heterocycles. The summed E-state index contributed by atoms with van der Waals surface area (Å²) < 4.78 is 32.4. The Balaban J connectivity index is 2.07. The number of furan rings is 1. The lowest BCUT2D eigenvalue weighted by molar-refractivity contribution is 0.263. The maximum atomic E-state index is 12.6. The largest absolute Gasteiger partial charge is 0.452 e. The minimum Gasteiger partial charge on any atom is -0.452 e. The molecule has 0 amide bonds. The summed E-state index contributed by atoms with van der Waals surface area (Å²) in [6.07, 6.45) is 4.48. The summed E-state index contributed by atoms with van der Waals surface area (Å²) in [5.41, 5.74) is 0. The highest BCUT2D eigenvalue weighted by atomic mass is 79.9. The highest BCUT2D eigenvalue weighted by molar-refractivity contribution is 9.10. The molecule has 0 aliphatic heterocycles. The normalized spacial score (nSPS) is 16.4. The first-order valence-electron chi connectivity index (χ1n) is 7.40. The van der Waals surface area contributed by atoms with E-state index < -0.39 is 10.0 Å². The molecule has 1 aromatic heterocycles. The standard InChI is InChI=1S/C14H23BrN2O3S/c1-3-7-16-9-12-8-13(14(15)20-12)21(18,19)17(2)10-11-5-4-6-11/h8,11,16H,3-7,9-10H2,1-2H3. The monoisotopic (exact) mass is 378 g/mol. The van der Waals surface area contributed by atoms with Gasteiger partial charge in [-0.15, -0.1) is 0 Å². The van der Waals surface area contributed by atoms with Gasteiger partial charge >= 0.3 is 0 Å². The zero-order valence-corrected chi connectivity index (χ0v) is 15.0. The summed E-state index contributed by atoms with van der Waals surface area (Å²) in [4.78, 5) is 0.220. The molecule has 1 aromatic rings. The predicted octanol–water partition coefficient (Wildman–Crippen LogP) is 2.96. The van der Waals surface area contributed by atoms with Gasteiger partial charge in [0.05, 0.1) is 6.54 Å². The summed E-state index contributed by atoms with van der Waals surface area (Å²) in [5, 5.41) is 3.20. The molecule has 21 heavy (non-hydrogen) atoms. The van der Waals surface area contributed by atoms with Crippen molar-refractivity contribution >= 4 is 26.0 Å². The topological polar surface area (TPSA) is 62.6 Å². The molecule has 1 saturated carbocycles. The van der Waals surface area contributed by atoms with E-state index in [2.05, 4.69) is 28.2 Å². The van der Waals surface area contributed by atoms with Gasteiger partial charge in [0.1, 0.15) is 10.7 Å². The van der Waals surface area contributed by atoms with Crippen molar-refractivity contribution in [3.8, 4) is 0 Å². The predicted molar refractivity (Wildman–Crippen MR) is 85.6 cm³/mol. The SMILES string of the molecule is CCCNCc1cc(S(=O)(=O)N(C)CC2CCC2)c(Br)o1. The molecule has 0 spiro atoms. The Morgan fingerprint density at radius 1 is 1.48 bits per heavy atom. The third-order valence-corrected chi connectivity index (χ3v) is 6.54. The van der Waals surface area contributed by atoms with E-state index >= 15 is 0 Å². The van der Waals surface area contributed by atoms with E-state index in [9.17, 15) is 8.42 Å². The average Bonchev–Trinajstić information content (AvgIpc) is 2.75.